The van der Waals surface area contributed by atoms with Gasteiger partial charge in [0, 0.05) is 29.2 Å². The summed E-state index contributed by atoms with van der Waals surface area (Å²) >= 11 is 12.1. The average Bonchev–Trinajstić information content (AvgIpc) is 3.12. The van der Waals surface area contributed by atoms with Gasteiger partial charge in [-0.3, -0.25) is 4.79 Å². The van der Waals surface area contributed by atoms with Gasteiger partial charge < -0.3 is 15.6 Å². The highest BCUT2D eigenvalue weighted by Gasteiger charge is 2.69. The molecule has 0 saturated carbocycles. The number of carbonyl (C=O) groups excluding carboxylic acids is 1. The van der Waals surface area contributed by atoms with Gasteiger partial charge in [0.2, 0.25) is 0 Å². The number of rotatable bonds is 5. The molecule has 2 fully saturated rings. The number of cyclic esters (lactones) is 1. The first-order valence-corrected chi connectivity index (χ1v) is 11.8. The van der Waals surface area contributed by atoms with Crippen LogP contribution < -0.4 is 5.73 Å². The fourth-order valence-corrected chi connectivity index (χ4v) is 5.94. The number of fused-ring (bicyclic) bond motifs is 1. The van der Waals surface area contributed by atoms with Crippen molar-refractivity contribution in [3.05, 3.63) is 69.2 Å². The lowest BCUT2D eigenvalue weighted by molar-refractivity contribution is -0.153. The van der Waals surface area contributed by atoms with Gasteiger partial charge in [-0.05, 0) is 49.4 Å². The second-order valence-corrected chi connectivity index (χ2v) is 11.3. The van der Waals surface area contributed by atoms with Gasteiger partial charge in [0.25, 0.3) is 0 Å². The Hall–Kier alpha value is -1.77. The largest absolute Gasteiger partial charge is 0.443 e. The number of nitrogens with two attached hydrogens (primary N) is 1. The van der Waals surface area contributed by atoms with E-state index < -0.39 is 52.3 Å². The Balaban J connectivity index is 2.06. The maximum Gasteiger partial charge on any atom is 0.325 e. The lowest BCUT2D eigenvalue weighted by Gasteiger charge is -2.44. The Morgan fingerprint density at radius 1 is 1.21 bits per heavy atom. The highest BCUT2D eigenvalue weighted by Crippen LogP contribution is 2.58. The van der Waals surface area contributed by atoms with E-state index in [9.17, 15) is 9.90 Å². The van der Waals surface area contributed by atoms with Crippen molar-refractivity contribution in [2.24, 2.45) is 11.1 Å². The summed E-state index contributed by atoms with van der Waals surface area (Å²) in [6, 6.07) is 6.92. The summed E-state index contributed by atoms with van der Waals surface area (Å²) in [5, 5.41) is 10.1. The standard InChI is InChI=1S/C25H28Cl2F2N2O3/c1-23(2,12-32)11-18-25(30,15-9-8-13(26)10-17(15)28)19(14-6-5-7-16(27)20(14)29)21-22(33)34-24(3,4)31(18)21/h5-10,18-19,21,32H,11-12,30H2,1-4H3. The number of hydrogen-bond donors (Lipinski definition) is 2. The van der Waals surface area contributed by atoms with Crippen LogP contribution in [0.25, 0.3) is 0 Å². The van der Waals surface area contributed by atoms with Crippen LogP contribution in [0.4, 0.5) is 8.78 Å². The second-order valence-electron chi connectivity index (χ2n) is 10.4. The summed E-state index contributed by atoms with van der Waals surface area (Å²) in [6.07, 6.45) is 0.275. The van der Waals surface area contributed by atoms with Crippen molar-refractivity contribution in [1.29, 1.82) is 0 Å². The van der Waals surface area contributed by atoms with Crippen LogP contribution in [0.3, 0.4) is 0 Å². The molecule has 2 aliphatic heterocycles. The molecule has 3 N–H and O–H groups in total. The molecule has 0 aromatic heterocycles. The first-order chi connectivity index (χ1) is 15.7. The molecule has 2 aromatic carbocycles. The highest BCUT2D eigenvalue weighted by molar-refractivity contribution is 6.31. The number of aliphatic hydroxyl groups excluding tert-OH is 1. The van der Waals surface area contributed by atoms with E-state index in [2.05, 4.69) is 0 Å². The Labute approximate surface area is 207 Å². The molecule has 0 bridgehead atoms. The highest BCUT2D eigenvalue weighted by atomic mass is 35.5. The Morgan fingerprint density at radius 2 is 1.88 bits per heavy atom. The molecule has 2 heterocycles. The maximum atomic E-state index is 15.5. The van der Waals surface area contributed by atoms with Crippen LogP contribution in [0.15, 0.2) is 36.4 Å². The third kappa shape index (κ3) is 3.82. The monoisotopic (exact) mass is 512 g/mol. The molecule has 0 aliphatic carbocycles. The van der Waals surface area contributed by atoms with E-state index in [1.807, 2.05) is 13.8 Å². The van der Waals surface area contributed by atoms with Crippen LogP contribution in [-0.4, -0.2) is 40.4 Å². The molecule has 9 heteroatoms. The zero-order valence-corrected chi connectivity index (χ0v) is 20.9. The van der Waals surface area contributed by atoms with E-state index >= 15 is 8.78 Å². The van der Waals surface area contributed by atoms with Crippen LogP contribution in [0.2, 0.25) is 10.0 Å². The number of halogens is 4. The summed E-state index contributed by atoms with van der Waals surface area (Å²) in [5.41, 5.74) is 4.04. The van der Waals surface area contributed by atoms with E-state index in [4.69, 9.17) is 33.7 Å². The van der Waals surface area contributed by atoms with Crippen molar-refractivity contribution in [3.63, 3.8) is 0 Å². The van der Waals surface area contributed by atoms with E-state index in [-0.39, 0.29) is 34.2 Å². The Kier molecular flexibility index (Phi) is 6.27. The van der Waals surface area contributed by atoms with E-state index in [0.29, 0.717) is 0 Å². The first kappa shape index (κ1) is 25.3. The predicted octanol–water partition coefficient (Wildman–Crippen LogP) is 4.96. The zero-order valence-electron chi connectivity index (χ0n) is 19.4. The summed E-state index contributed by atoms with van der Waals surface area (Å²) in [7, 11) is 0. The van der Waals surface area contributed by atoms with Crippen LogP contribution in [0.1, 0.15) is 51.2 Å². The molecular weight excluding hydrogens is 485 g/mol. The molecule has 0 amide bonds. The summed E-state index contributed by atoms with van der Waals surface area (Å²) < 4.78 is 36.7. The smallest absolute Gasteiger partial charge is 0.325 e. The maximum absolute atomic E-state index is 15.5. The topological polar surface area (TPSA) is 75.8 Å². The first-order valence-electron chi connectivity index (χ1n) is 11.0. The molecule has 4 atom stereocenters. The van der Waals surface area contributed by atoms with Crippen LogP contribution >= 0.6 is 23.2 Å². The van der Waals surface area contributed by atoms with Gasteiger partial charge in [-0.25, -0.2) is 13.7 Å². The minimum atomic E-state index is -1.59. The molecule has 4 rings (SSSR count). The molecule has 2 aromatic rings. The molecule has 2 aliphatic rings. The SMILES string of the molecule is CC(C)(CO)CC1N2C(C(=O)OC2(C)C)C(c2cccc(Cl)c2F)C1(N)c1ccc(Cl)cc1F. The number of esters is 1. The number of carbonyl (C=O) groups is 1. The number of ether oxygens (including phenoxy) is 1. The number of hydrogen-bond acceptors (Lipinski definition) is 5. The van der Waals surface area contributed by atoms with Crippen molar-refractivity contribution < 1.29 is 23.4 Å². The number of nitrogens with zero attached hydrogens (tertiary/aromatic N) is 1. The van der Waals surface area contributed by atoms with Crippen molar-refractivity contribution in [2.45, 2.75) is 63.4 Å². The summed E-state index contributed by atoms with van der Waals surface area (Å²) in [6.45, 7) is 6.96. The normalized spacial score (nSPS) is 28.8. The minimum Gasteiger partial charge on any atom is -0.443 e. The fraction of sp³-hybridized carbons (Fsp3) is 0.480. The van der Waals surface area contributed by atoms with Crippen LogP contribution in [0, 0.1) is 17.0 Å². The lowest BCUT2D eigenvalue weighted by Crippen LogP contribution is -2.57. The van der Waals surface area contributed by atoms with Crippen molar-refractivity contribution in [2.75, 3.05) is 6.61 Å². The van der Waals surface area contributed by atoms with Crippen molar-refractivity contribution in [1.82, 2.24) is 4.90 Å². The van der Waals surface area contributed by atoms with E-state index in [1.165, 1.54) is 24.3 Å². The average molecular weight is 513 g/mol. The summed E-state index contributed by atoms with van der Waals surface area (Å²) in [4.78, 5) is 15.0. The van der Waals surface area contributed by atoms with E-state index in [0.717, 1.165) is 6.07 Å². The summed E-state index contributed by atoms with van der Waals surface area (Å²) in [5.74, 6) is -3.00. The van der Waals surface area contributed by atoms with E-state index in [1.54, 1.807) is 24.8 Å². The fourth-order valence-electron chi connectivity index (χ4n) is 5.60. The lowest BCUT2D eigenvalue weighted by atomic mass is 9.68. The van der Waals surface area contributed by atoms with Gasteiger partial charge in [0.1, 0.15) is 17.7 Å². The zero-order chi connectivity index (χ0) is 25.2. The molecule has 0 radical (unpaired) electrons. The van der Waals surface area contributed by atoms with Crippen LogP contribution in [-0.2, 0) is 15.1 Å². The van der Waals surface area contributed by atoms with Crippen molar-refractivity contribution in [3.8, 4) is 0 Å². The quantitative estimate of drug-likeness (QED) is 0.553. The van der Waals surface area contributed by atoms with Gasteiger partial charge >= 0.3 is 5.97 Å². The van der Waals surface area contributed by atoms with Gasteiger partial charge in [0.15, 0.2) is 5.72 Å². The number of benzene rings is 2. The van der Waals surface area contributed by atoms with Crippen LogP contribution in [0.5, 0.6) is 0 Å². The molecule has 0 spiro atoms. The Morgan fingerprint density at radius 3 is 2.50 bits per heavy atom. The third-order valence-corrected chi connectivity index (χ3v) is 7.65. The molecular formula is C25H28Cl2F2N2O3. The van der Waals surface area contributed by atoms with Gasteiger partial charge in [-0.2, -0.15) is 0 Å². The molecule has 2 saturated heterocycles. The third-order valence-electron chi connectivity index (χ3n) is 7.12. The molecule has 4 unspecified atom stereocenters. The van der Waals surface area contributed by atoms with Crippen molar-refractivity contribution >= 4 is 29.2 Å². The van der Waals surface area contributed by atoms with Gasteiger partial charge in [-0.15, -0.1) is 0 Å². The second kappa shape index (κ2) is 8.42. The molecule has 5 nitrogen and oxygen atoms in total. The number of aliphatic hydroxyl groups is 1. The molecule has 34 heavy (non-hydrogen) atoms. The minimum absolute atomic E-state index is 0.0954. The van der Waals surface area contributed by atoms with Gasteiger partial charge in [0.05, 0.1) is 10.6 Å². The van der Waals surface area contributed by atoms with Gasteiger partial charge in [-0.1, -0.05) is 55.2 Å². The predicted molar refractivity (Wildman–Crippen MR) is 126 cm³/mol. The molecule has 184 valence electrons. The Bertz CT molecular complexity index is 1140.